The number of benzene rings is 1. The molecule has 0 atom stereocenters. The molecule has 0 aliphatic heterocycles. The monoisotopic (exact) mass is 257 g/mol. The molecule has 0 spiro atoms. The van der Waals surface area contributed by atoms with Crippen LogP contribution < -0.4 is 0 Å². The molecule has 2 heteroatoms. The van der Waals surface area contributed by atoms with E-state index < -0.39 is 0 Å². The second kappa shape index (κ2) is 6.46. The zero-order chi connectivity index (χ0) is 13.7. The maximum absolute atomic E-state index is 14.0. The lowest BCUT2D eigenvalue weighted by Crippen LogP contribution is -1.92. The van der Waals surface area contributed by atoms with Crippen LogP contribution >= 0.6 is 0 Å². The van der Waals surface area contributed by atoms with Gasteiger partial charge in [-0.15, -0.1) is 0 Å². The number of unbranched alkanes of at least 4 members (excludes halogenated alkanes) is 1. The van der Waals surface area contributed by atoms with Crippen molar-refractivity contribution in [3.8, 4) is 11.3 Å². The molecule has 2 rings (SSSR count). The van der Waals surface area contributed by atoms with Gasteiger partial charge in [-0.05, 0) is 48.6 Å². The molecular weight excluding hydrogens is 237 g/mol. The molecule has 0 bridgehead atoms. The Labute approximate surface area is 114 Å². The molecule has 2 aromatic rings. The van der Waals surface area contributed by atoms with Crippen LogP contribution in [0.3, 0.4) is 0 Å². The molecule has 0 amide bonds. The van der Waals surface area contributed by atoms with Crippen molar-refractivity contribution in [2.75, 3.05) is 0 Å². The zero-order valence-corrected chi connectivity index (χ0v) is 11.6. The third-order valence-electron chi connectivity index (χ3n) is 3.36. The molecule has 1 heterocycles. The molecule has 0 saturated heterocycles. The lowest BCUT2D eigenvalue weighted by atomic mass is 10.0. The number of hydrogen-bond acceptors (Lipinski definition) is 1. The molecule has 1 aromatic heterocycles. The lowest BCUT2D eigenvalue weighted by Gasteiger charge is -2.06. The van der Waals surface area contributed by atoms with E-state index >= 15 is 0 Å². The second-order valence-electron chi connectivity index (χ2n) is 4.82. The Kier molecular flexibility index (Phi) is 4.67. The first-order valence-electron chi connectivity index (χ1n) is 6.98. The molecule has 19 heavy (non-hydrogen) atoms. The van der Waals surface area contributed by atoms with Gasteiger partial charge in [0, 0.05) is 11.8 Å². The van der Waals surface area contributed by atoms with Gasteiger partial charge in [-0.1, -0.05) is 32.4 Å². The van der Waals surface area contributed by atoms with Crippen molar-refractivity contribution in [1.29, 1.82) is 0 Å². The summed E-state index contributed by atoms with van der Waals surface area (Å²) >= 11 is 0. The van der Waals surface area contributed by atoms with Crippen LogP contribution in [0, 0.1) is 5.82 Å². The van der Waals surface area contributed by atoms with E-state index in [1.807, 2.05) is 37.4 Å². The van der Waals surface area contributed by atoms with Gasteiger partial charge >= 0.3 is 0 Å². The van der Waals surface area contributed by atoms with Crippen LogP contribution in [0.4, 0.5) is 4.39 Å². The van der Waals surface area contributed by atoms with Crippen LogP contribution in [-0.4, -0.2) is 4.98 Å². The number of aryl methyl sites for hydroxylation is 2. The molecule has 0 saturated carbocycles. The molecule has 1 nitrogen and oxygen atoms in total. The summed E-state index contributed by atoms with van der Waals surface area (Å²) in [5.41, 5.74) is 3.52. The van der Waals surface area contributed by atoms with E-state index in [9.17, 15) is 4.39 Å². The Hall–Kier alpha value is -1.70. The number of halogens is 1. The molecule has 0 radical (unpaired) electrons. The standard InChI is InChI=1S/C17H20FN/c1-3-5-6-14-8-10-17(19-12-14)15-9-7-13(4-2)11-16(15)18/h7-12H,3-6H2,1-2H3. The maximum atomic E-state index is 14.0. The molecule has 0 N–H and O–H groups in total. The van der Waals surface area contributed by atoms with E-state index in [-0.39, 0.29) is 5.82 Å². The summed E-state index contributed by atoms with van der Waals surface area (Å²) < 4.78 is 14.0. The van der Waals surface area contributed by atoms with Gasteiger partial charge in [0.1, 0.15) is 5.82 Å². The molecule has 0 fully saturated rings. The van der Waals surface area contributed by atoms with Crippen molar-refractivity contribution in [2.45, 2.75) is 39.5 Å². The predicted molar refractivity (Wildman–Crippen MR) is 77.6 cm³/mol. The quantitative estimate of drug-likeness (QED) is 0.750. The van der Waals surface area contributed by atoms with Crippen LogP contribution in [0.5, 0.6) is 0 Å². The normalized spacial score (nSPS) is 10.7. The highest BCUT2D eigenvalue weighted by Gasteiger charge is 2.07. The average molecular weight is 257 g/mol. The summed E-state index contributed by atoms with van der Waals surface area (Å²) in [5, 5.41) is 0. The van der Waals surface area contributed by atoms with E-state index in [1.54, 1.807) is 6.07 Å². The number of hydrogen-bond donors (Lipinski definition) is 0. The second-order valence-corrected chi connectivity index (χ2v) is 4.82. The molecule has 0 aliphatic carbocycles. The van der Waals surface area contributed by atoms with E-state index in [4.69, 9.17) is 0 Å². The smallest absolute Gasteiger partial charge is 0.132 e. The van der Waals surface area contributed by atoms with Gasteiger partial charge < -0.3 is 0 Å². The third-order valence-corrected chi connectivity index (χ3v) is 3.36. The van der Waals surface area contributed by atoms with Crippen LogP contribution in [0.25, 0.3) is 11.3 Å². The fourth-order valence-corrected chi connectivity index (χ4v) is 2.10. The van der Waals surface area contributed by atoms with Gasteiger partial charge in [0.2, 0.25) is 0 Å². The fraction of sp³-hybridized carbons (Fsp3) is 0.353. The van der Waals surface area contributed by atoms with Crippen molar-refractivity contribution < 1.29 is 4.39 Å². The minimum Gasteiger partial charge on any atom is -0.256 e. The highest BCUT2D eigenvalue weighted by Crippen LogP contribution is 2.22. The predicted octanol–water partition coefficient (Wildman–Crippen LogP) is 4.79. The van der Waals surface area contributed by atoms with E-state index in [2.05, 4.69) is 11.9 Å². The number of pyridine rings is 1. The SMILES string of the molecule is CCCCc1ccc(-c2ccc(CC)cc2F)nc1. The minimum atomic E-state index is -0.187. The molecule has 1 aromatic carbocycles. The molecule has 100 valence electrons. The van der Waals surface area contributed by atoms with Crippen molar-refractivity contribution in [2.24, 2.45) is 0 Å². The van der Waals surface area contributed by atoms with Crippen molar-refractivity contribution in [3.63, 3.8) is 0 Å². The van der Waals surface area contributed by atoms with Crippen molar-refractivity contribution in [3.05, 3.63) is 53.5 Å². The summed E-state index contributed by atoms with van der Waals surface area (Å²) in [5.74, 6) is -0.187. The van der Waals surface area contributed by atoms with Crippen LogP contribution in [-0.2, 0) is 12.8 Å². The number of nitrogens with zero attached hydrogens (tertiary/aromatic N) is 1. The summed E-state index contributed by atoms with van der Waals surface area (Å²) in [7, 11) is 0. The first-order valence-corrected chi connectivity index (χ1v) is 6.98. The summed E-state index contributed by atoms with van der Waals surface area (Å²) in [4.78, 5) is 4.38. The third kappa shape index (κ3) is 3.40. The molecular formula is C17H20FN. The van der Waals surface area contributed by atoms with Crippen LogP contribution in [0.15, 0.2) is 36.5 Å². The summed E-state index contributed by atoms with van der Waals surface area (Å²) in [6, 6.07) is 9.34. The Balaban J connectivity index is 2.22. The Morgan fingerprint density at radius 2 is 1.84 bits per heavy atom. The van der Waals surface area contributed by atoms with Gasteiger partial charge in [0.25, 0.3) is 0 Å². The van der Waals surface area contributed by atoms with Gasteiger partial charge in [-0.25, -0.2) is 4.39 Å². The largest absolute Gasteiger partial charge is 0.256 e. The first-order chi connectivity index (χ1) is 9.24. The zero-order valence-electron chi connectivity index (χ0n) is 11.6. The number of aromatic nitrogens is 1. The maximum Gasteiger partial charge on any atom is 0.132 e. The minimum absolute atomic E-state index is 0.187. The van der Waals surface area contributed by atoms with Gasteiger partial charge in [0.05, 0.1) is 5.69 Å². The Bertz CT molecular complexity index is 531. The number of rotatable bonds is 5. The molecule has 0 aliphatic rings. The topological polar surface area (TPSA) is 12.9 Å². The summed E-state index contributed by atoms with van der Waals surface area (Å²) in [6.07, 6.45) is 6.09. The van der Waals surface area contributed by atoms with E-state index in [0.29, 0.717) is 11.3 Å². The fourth-order valence-electron chi connectivity index (χ4n) is 2.10. The first kappa shape index (κ1) is 13.7. The van der Waals surface area contributed by atoms with Gasteiger partial charge in [-0.3, -0.25) is 4.98 Å². The highest BCUT2D eigenvalue weighted by atomic mass is 19.1. The highest BCUT2D eigenvalue weighted by molar-refractivity contribution is 5.60. The Morgan fingerprint density at radius 1 is 1.05 bits per heavy atom. The van der Waals surface area contributed by atoms with Crippen LogP contribution in [0.2, 0.25) is 0 Å². The van der Waals surface area contributed by atoms with Crippen molar-refractivity contribution >= 4 is 0 Å². The average Bonchev–Trinajstić information content (AvgIpc) is 2.45. The van der Waals surface area contributed by atoms with Gasteiger partial charge in [0.15, 0.2) is 0 Å². The van der Waals surface area contributed by atoms with Crippen molar-refractivity contribution in [1.82, 2.24) is 4.98 Å². The van der Waals surface area contributed by atoms with Gasteiger partial charge in [-0.2, -0.15) is 0 Å². The lowest BCUT2D eigenvalue weighted by molar-refractivity contribution is 0.628. The van der Waals surface area contributed by atoms with E-state index in [0.717, 1.165) is 18.4 Å². The van der Waals surface area contributed by atoms with E-state index in [1.165, 1.54) is 18.4 Å². The molecule has 0 unspecified atom stereocenters. The summed E-state index contributed by atoms with van der Waals surface area (Å²) in [6.45, 7) is 4.20. The Morgan fingerprint density at radius 3 is 2.42 bits per heavy atom. The van der Waals surface area contributed by atoms with Crippen LogP contribution in [0.1, 0.15) is 37.8 Å².